The molecule has 2 amide bonds. The lowest BCUT2D eigenvalue weighted by Crippen LogP contribution is -2.18. The second-order valence-electron chi connectivity index (χ2n) is 5.42. The summed E-state index contributed by atoms with van der Waals surface area (Å²) >= 11 is 0. The van der Waals surface area contributed by atoms with E-state index in [9.17, 15) is 9.59 Å². The third-order valence-electron chi connectivity index (χ3n) is 3.54. The van der Waals surface area contributed by atoms with E-state index in [-0.39, 0.29) is 5.91 Å². The summed E-state index contributed by atoms with van der Waals surface area (Å²) in [5.41, 5.74) is 4.19. The van der Waals surface area contributed by atoms with Crippen LogP contribution in [0.4, 0.5) is 5.69 Å². The molecule has 0 fully saturated rings. The van der Waals surface area contributed by atoms with Gasteiger partial charge in [-0.3, -0.25) is 9.59 Å². The molecule has 0 spiro atoms. The molecule has 27 heavy (non-hydrogen) atoms. The van der Waals surface area contributed by atoms with Gasteiger partial charge in [-0.1, -0.05) is 12.1 Å². The zero-order valence-corrected chi connectivity index (χ0v) is 15.5. The van der Waals surface area contributed by atoms with Crippen LogP contribution in [0.2, 0.25) is 0 Å². The number of hydrazone groups is 1. The zero-order valence-electron chi connectivity index (χ0n) is 15.5. The Balaban J connectivity index is 2.08. The molecular formula is C19H21N3O5. The molecule has 0 saturated carbocycles. The van der Waals surface area contributed by atoms with Crippen LogP contribution in [0.3, 0.4) is 0 Å². The molecular weight excluding hydrogens is 350 g/mol. The maximum Gasteiger partial charge on any atom is 0.271 e. The Morgan fingerprint density at radius 3 is 2.04 bits per heavy atom. The van der Waals surface area contributed by atoms with E-state index in [1.54, 1.807) is 24.3 Å². The van der Waals surface area contributed by atoms with E-state index in [1.165, 1.54) is 46.6 Å². The van der Waals surface area contributed by atoms with Crippen LogP contribution in [0.5, 0.6) is 17.2 Å². The lowest BCUT2D eigenvalue weighted by molar-refractivity contribution is -0.114. The summed E-state index contributed by atoms with van der Waals surface area (Å²) in [5, 5.41) is 6.61. The van der Waals surface area contributed by atoms with Crippen molar-refractivity contribution in [2.24, 2.45) is 5.10 Å². The standard InChI is InChI=1S/C19H21N3O5/c1-12(23)21-15-7-5-13(6-8-15)11-20-22-19(24)14-9-16(25-2)18(27-4)17(10-14)26-3/h5-11H,1-4H3,(H,21,23)(H,22,24)/b20-11-. The molecule has 2 aromatic rings. The van der Waals surface area contributed by atoms with Crippen molar-refractivity contribution in [1.29, 1.82) is 0 Å². The Bertz CT molecular complexity index is 822. The predicted octanol–water partition coefficient (Wildman–Crippen LogP) is 2.43. The van der Waals surface area contributed by atoms with E-state index >= 15 is 0 Å². The molecule has 0 radical (unpaired) electrons. The van der Waals surface area contributed by atoms with Gasteiger partial charge in [0.2, 0.25) is 11.7 Å². The number of ether oxygens (including phenoxy) is 3. The summed E-state index contributed by atoms with van der Waals surface area (Å²) in [6, 6.07) is 10.1. The van der Waals surface area contributed by atoms with Crippen molar-refractivity contribution >= 4 is 23.7 Å². The maximum absolute atomic E-state index is 12.3. The predicted molar refractivity (Wildman–Crippen MR) is 102 cm³/mol. The van der Waals surface area contributed by atoms with Gasteiger partial charge >= 0.3 is 0 Å². The van der Waals surface area contributed by atoms with Crippen LogP contribution in [0.1, 0.15) is 22.8 Å². The molecule has 0 aliphatic heterocycles. The van der Waals surface area contributed by atoms with Crippen molar-refractivity contribution in [3.05, 3.63) is 47.5 Å². The first kappa shape index (κ1) is 19.8. The van der Waals surface area contributed by atoms with Crippen molar-refractivity contribution in [3.8, 4) is 17.2 Å². The fourth-order valence-corrected chi connectivity index (χ4v) is 2.30. The highest BCUT2D eigenvalue weighted by atomic mass is 16.5. The number of carbonyl (C=O) groups is 2. The number of amides is 2. The largest absolute Gasteiger partial charge is 0.493 e. The van der Waals surface area contributed by atoms with E-state index in [4.69, 9.17) is 14.2 Å². The van der Waals surface area contributed by atoms with Gasteiger partial charge in [-0.15, -0.1) is 0 Å². The van der Waals surface area contributed by atoms with Crippen molar-refractivity contribution < 1.29 is 23.8 Å². The fourth-order valence-electron chi connectivity index (χ4n) is 2.30. The van der Waals surface area contributed by atoms with Gasteiger partial charge in [-0.2, -0.15) is 5.10 Å². The molecule has 0 saturated heterocycles. The summed E-state index contributed by atoms with van der Waals surface area (Å²) in [5.74, 6) is 0.577. The van der Waals surface area contributed by atoms with Crippen LogP contribution in [-0.2, 0) is 4.79 Å². The molecule has 0 atom stereocenters. The van der Waals surface area contributed by atoms with Gasteiger partial charge < -0.3 is 19.5 Å². The smallest absolute Gasteiger partial charge is 0.271 e. The monoisotopic (exact) mass is 371 g/mol. The van der Waals surface area contributed by atoms with E-state index in [0.29, 0.717) is 28.5 Å². The molecule has 0 aromatic heterocycles. The van der Waals surface area contributed by atoms with Gasteiger partial charge in [0.05, 0.1) is 27.5 Å². The molecule has 0 heterocycles. The van der Waals surface area contributed by atoms with Gasteiger partial charge in [-0.25, -0.2) is 5.43 Å². The Morgan fingerprint density at radius 2 is 1.56 bits per heavy atom. The molecule has 8 heteroatoms. The molecule has 0 aliphatic rings. The minimum Gasteiger partial charge on any atom is -0.493 e. The number of anilines is 1. The number of hydrogen-bond donors (Lipinski definition) is 2. The summed E-state index contributed by atoms with van der Waals surface area (Å²) in [6.45, 7) is 1.44. The highest BCUT2D eigenvalue weighted by Crippen LogP contribution is 2.38. The second-order valence-corrected chi connectivity index (χ2v) is 5.42. The Labute approximate surface area is 157 Å². The molecule has 0 aliphatic carbocycles. The third kappa shape index (κ3) is 5.21. The van der Waals surface area contributed by atoms with Crippen LogP contribution in [0.15, 0.2) is 41.5 Å². The van der Waals surface area contributed by atoms with Gasteiger partial charge in [0.25, 0.3) is 5.91 Å². The number of rotatable bonds is 7. The van der Waals surface area contributed by atoms with Crippen LogP contribution in [0.25, 0.3) is 0 Å². The molecule has 0 unspecified atom stereocenters. The Kier molecular flexibility index (Phi) is 6.76. The topological polar surface area (TPSA) is 98.2 Å². The average molecular weight is 371 g/mol. The lowest BCUT2D eigenvalue weighted by Gasteiger charge is -2.13. The fraction of sp³-hybridized carbons (Fsp3) is 0.211. The van der Waals surface area contributed by atoms with Gasteiger partial charge in [0.15, 0.2) is 11.5 Å². The summed E-state index contributed by atoms with van der Waals surface area (Å²) < 4.78 is 15.7. The van der Waals surface area contributed by atoms with Crippen LogP contribution in [-0.4, -0.2) is 39.4 Å². The normalized spacial score (nSPS) is 10.4. The van der Waals surface area contributed by atoms with Gasteiger partial charge in [0.1, 0.15) is 0 Å². The Morgan fingerprint density at radius 1 is 0.963 bits per heavy atom. The first-order valence-corrected chi connectivity index (χ1v) is 7.99. The van der Waals surface area contributed by atoms with Crippen LogP contribution in [0, 0.1) is 0 Å². The van der Waals surface area contributed by atoms with Crippen molar-refractivity contribution in [2.45, 2.75) is 6.92 Å². The van der Waals surface area contributed by atoms with E-state index in [2.05, 4.69) is 15.8 Å². The molecule has 8 nitrogen and oxygen atoms in total. The number of methoxy groups -OCH3 is 3. The highest BCUT2D eigenvalue weighted by Gasteiger charge is 2.16. The van der Waals surface area contributed by atoms with Crippen molar-refractivity contribution in [3.63, 3.8) is 0 Å². The van der Waals surface area contributed by atoms with Crippen molar-refractivity contribution in [1.82, 2.24) is 5.43 Å². The minimum atomic E-state index is -0.430. The number of nitrogens with one attached hydrogen (secondary N) is 2. The number of carbonyl (C=O) groups excluding carboxylic acids is 2. The summed E-state index contributed by atoms with van der Waals surface area (Å²) in [6.07, 6.45) is 1.49. The third-order valence-corrected chi connectivity index (χ3v) is 3.54. The molecule has 0 bridgehead atoms. The summed E-state index contributed by atoms with van der Waals surface area (Å²) in [4.78, 5) is 23.3. The quantitative estimate of drug-likeness (QED) is 0.575. The van der Waals surface area contributed by atoms with Crippen LogP contribution < -0.4 is 25.0 Å². The molecule has 2 rings (SSSR count). The minimum absolute atomic E-state index is 0.144. The van der Waals surface area contributed by atoms with Gasteiger partial charge in [0, 0.05) is 18.2 Å². The SMILES string of the molecule is COc1cc(C(=O)N/N=C\c2ccc(NC(C)=O)cc2)cc(OC)c1OC. The molecule has 2 N–H and O–H groups in total. The van der Waals surface area contributed by atoms with E-state index in [1.807, 2.05) is 0 Å². The summed E-state index contributed by atoms with van der Waals surface area (Å²) in [7, 11) is 4.44. The maximum atomic E-state index is 12.3. The molecule has 142 valence electrons. The number of nitrogens with zero attached hydrogens (tertiary/aromatic N) is 1. The van der Waals surface area contributed by atoms with Crippen LogP contribution >= 0.6 is 0 Å². The number of hydrogen-bond acceptors (Lipinski definition) is 6. The van der Waals surface area contributed by atoms with Gasteiger partial charge in [-0.05, 0) is 29.8 Å². The Hall–Kier alpha value is -3.55. The average Bonchev–Trinajstić information content (AvgIpc) is 2.67. The lowest BCUT2D eigenvalue weighted by atomic mass is 10.1. The molecule has 2 aromatic carbocycles. The zero-order chi connectivity index (χ0) is 19.8. The first-order chi connectivity index (χ1) is 13.0. The van der Waals surface area contributed by atoms with E-state index < -0.39 is 5.91 Å². The highest BCUT2D eigenvalue weighted by molar-refractivity contribution is 5.96. The number of benzene rings is 2. The first-order valence-electron chi connectivity index (χ1n) is 7.99. The van der Waals surface area contributed by atoms with Crippen molar-refractivity contribution in [2.75, 3.05) is 26.6 Å². The second kappa shape index (κ2) is 9.23. The van der Waals surface area contributed by atoms with E-state index in [0.717, 1.165) is 5.56 Å².